The van der Waals surface area contributed by atoms with Crippen molar-refractivity contribution in [3.63, 3.8) is 0 Å². The van der Waals surface area contributed by atoms with Crippen LogP contribution in [-0.2, 0) is 28.7 Å². The number of carbonyl (C=O) groups excluding carboxylic acids is 5. The lowest BCUT2D eigenvalue weighted by Gasteiger charge is -2.29. The van der Waals surface area contributed by atoms with Crippen LogP contribution in [0.25, 0.3) is 10.9 Å². The van der Waals surface area contributed by atoms with E-state index in [0.29, 0.717) is 62.7 Å². The van der Waals surface area contributed by atoms with Crippen molar-refractivity contribution in [3.05, 3.63) is 66.6 Å². The van der Waals surface area contributed by atoms with Gasteiger partial charge in [0.25, 0.3) is 17.7 Å². The van der Waals surface area contributed by atoms with Gasteiger partial charge in [0.15, 0.2) is 6.61 Å². The van der Waals surface area contributed by atoms with Crippen LogP contribution >= 0.6 is 0 Å². The molecular formula is C42H54F2N8O8. The van der Waals surface area contributed by atoms with E-state index in [1.807, 2.05) is 45.9 Å². The number of likely N-dealkylation sites (tertiary alicyclic amines) is 2. The Bertz CT molecular complexity index is 1970. The normalized spacial score (nSPS) is 17.3. The summed E-state index contributed by atoms with van der Waals surface area (Å²) in [7, 11) is 1.69. The third-order valence-electron chi connectivity index (χ3n) is 9.53. The summed E-state index contributed by atoms with van der Waals surface area (Å²) in [5.74, 6) is -5.09. The highest BCUT2D eigenvalue weighted by Gasteiger charge is 2.47. The molecule has 2 aliphatic rings. The van der Waals surface area contributed by atoms with E-state index in [1.165, 1.54) is 12.3 Å². The van der Waals surface area contributed by atoms with Gasteiger partial charge in [0.2, 0.25) is 17.7 Å². The van der Waals surface area contributed by atoms with Crippen LogP contribution in [0.2, 0.25) is 0 Å². The second-order valence-electron chi connectivity index (χ2n) is 16.4. The third kappa shape index (κ3) is 14.8. The molecule has 2 unspecified atom stereocenters. The predicted octanol–water partition coefficient (Wildman–Crippen LogP) is 2.98. The number of pyridine rings is 2. The maximum absolute atomic E-state index is 13.7. The first-order valence-electron chi connectivity index (χ1n) is 19.5. The summed E-state index contributed by atoms with van der Waals surface area (Å²) in [4.78, 5) is 72.3. The zero-order chi connectivity index (χ0) is 43.9. The quantitative estimate of drug-likeness (QED) is 0.159. The smallest absolute Gasteiger partial charge is 0.268 e. The SMILES string of the molecule is CN1CC(C(=O)NCCOCC(C)(C)COCC(C)(C)CNC(=O)COc2ccc3c(C(=O)NCC(=O)N4CC(F)(F)CC4C#N)ccnc3c2)CC1=O.c1ccncc1. The van der Waals surface area contributed by atoms with E-state index in [0.717, 1.165) is 4.90 Å². The highest BCUT2D eigenvalue weighted by atomic mass is 19.3. The second kappa shape index (κ2) is 21.5. The van der Waals surface area contributed by atoms with Gasteiger partial charge in [-0.25, -0.2) is 8.78 Å². The molecule has 1 aromatic carbocycles. The van der Waals surface area contributed by atoms with E-state index in [-0.39, 0.29) is 47.6 Å². The van der Waals surface area contributed by atoms with Gasteiger partial charge >= 0.3 is 0 Å². The third-order valence-corrected chi connectivity index (χ3v) is 9.53. The molecule has 18 heteroatoms. The highest BCUT2D eigenvalue weighted by Crippen LogP contribution is 2.31. The number of hydrogen-bond acceptors (Lipinski definition) is 11. The molecule has 324 valence electrons. The van der Waals surface area contributed by atoms with Gasteiger partial charge in [0.05, 0.1) is 62.6 Å². The molecule has 0 saturated carbocycles. The largest absolute Gasteiger partial charge is 0.484 e. The fourth-order valence-corrected chi connectivity index (χ4v) is 6.29. The molecule has 0 radical (unpaired) electrons. The van der Waals surface area contributed by atoms with Gasteiger partial charge in [0, 0.05) is 80.4 Å². The Morgan fingerprint density at radius 3 is 2.33 bits per heavy atom. The van der Waals surface area contributed by atoms with Crippen LogP contribution in [0, 0.1) is 28.1 Å². The Hall–Kier alpha value is -5.80. The lowest BCUT2D eigenvalue weighted by atomic mass is 9.93. The molecule has 3 N–H and O–H groups in total. The molecule has 0 spiro atoms. The topological polar surface area (TPSA) is 205 Å². The molecular weight excluding hydrogens is 783 g/mol. The molecule has 60 heavy (non-hydrogen) atoms. The number of nitriles is 1. The number of alkyl halides is 2. The van der Waals surface area contributed by atoms with Gasteiger partial charge in [0.1, 0.15) is 11.8 Å². The van der Waals surface area contributed by atoms with Gasteiger partial charge < -0.3 is 40.0 Å². The standard InChI is InChI=1S/C37H49F2N7O8.C5H5N/c1-35(2,21-53-23-36(3,4)22-52-11-10-42-33(50)24-12-31(48)45(5)17-24)19-44-30(47)18-54-26-6-7-27-28(8-9-41-29(27)13-26)34(51)43-16-32(49)46-20-37(38,39)14-25(46)15-40;1-2-4-6-5-3-1/h6-9,13,24-25H,10-12,14,16-23H2,1-5H3,(H,42,50)(H,43,51)(H,44,47);1-5H. The van der Waals surface area contributed by atoms with Gasteiger partial charge in [-0.2, -0.15) is 5.26 Å². The summed E-state index contributed by atoms with van der Waals surface area (Å²) in [6.45, 7) is 8.87. The molecule has 0 aliphatic carbocycles. The van der Waals surface area contributed by atoms with E-state index >= 15 is 0 Å². The Labute approximate surface area is 348 Å². The molecule has 2 fully saturated rings. The summed E-state index contributed by atoms with van der Waals surface area (Å²) in [6.07, 6.45) is 4.38. The number of halogens is 2. The Morgan fingerprint density at radius 1 is 0.967 bits per heavy atom. The van der Waals surface area contributed by atoms with Crippen LogP contribution < -0.4 is 20.7 Å². The van der Waals surface area contributed by atoms with Crippen LogP contribution in [0.5, 0.6) is 5.75 Å². The Morgan fingerprint density at radius 2 is 1.68 bits per heavy atom. The number of nitrogens with one attached hydrogen (secondary N) is 3. The average molecular weight is 837 g/mol. The number of fused-ring (bicyclic) bond motifs is 1. The van der Waals surface area contributed by atoms with Crippen molar-refractivity contribution in [2.45, 2.75) is 52.5 Å². The minimum atomic E-state index is -3.16. The van der Waals surface area contributed by atoms with Gasteiger partial charge in [-0.1, -0.05) is 33.8 Å². The molecule has 3 aromatic rings. The van der Waals surface area contributed by atoms with E-state index in [1.54, 1.807) is 48.6 Å². The maximum atomic E-state index is 13.7. The van der Waals surface area contributed by atoms with Crippen molar-refractivity contribution in [1.82, 2.24) is 35.7 Å². The molecule has 2 aliphatic heterocycles. The molecule has 5 rings (SSSR count). The lowest BCUT2D eigenvalue weighted by molar-refractivity contribution is -0.131. The molecule has 2 aromatic heterocycles. The molecule has 16 nitrogen and oxygen atoms in total. The maximum Gasteiger partial charge on any atom is 0.268 e. The minimum Gasteiger partial charge on any atom is -0.484 e. The van der Waals surface area contributed by atoms with Crippen molar-refractivity contribution in [3.8, 4) is 11.8 Å². The summed E-state index contributed by atoms with van der Waals surface area (Å²) in [5, 5.41) is 17.7. The van der Waals surface area contributed by atoms with Crippen molar-refractivity contribution in [1.29, 1.82) is 5.26 Å². The number of rotatable bonds is 18. The fraction of sp³-hybridized carbons (Fsp3) is 0.524. The first kappa shape index (κ1) is 46.9. The summed E-state index contributed by atoms with van der Waals surface area (Å²) >= 11 is 0. The minimum absolute atomic E-state index is 0.0289. The van der Waals surface area contributed by atoms with Crippen LogP contribution in [-0.4, -0.2) is 134 Å². The molecule has 0 bridgehead atoms. The van der Waals surface area contributed by atoms with Crippen LogP contribution in [0.15, 0.2) is 61.1 Å². The number of amides is 5. The van der Waals surface area contributed by atoms with Gasteiger partial charge in [-0.15, -0.1) is 0 Å². The number of benzene rings is 1. The van der Waals surface area contributed by atoms with Crippen molar-refractivity contribution in [2.24, 2.45) is 16.7 Å². The van der Waals surface area contributed by atoms with Crippen molar-refractivity contribution in [2.75, 3.05) is 72.8 Å². The molecule has 2 atom stereocenters. The average Bonchev–Trinajstić information content (AvgIpc) is 3.74. The molecule has 4 heterocycles. The lowest BCUT2D eigenvalue weighted by Crippen LogP contribution is -2.43. The van der Waals surface area contributed by atoms with E-state index in [4.69, 9.17) is 19.5 Å². The fourth-order valence-electron chi connectivity index (χ4n) is 6.29. The van der Waals surface area contributed by atoms with Gasteiger partial charge in [-0.05, 0) is 30.3 Å². The van der Waals surface area contributed by atoms with Gasteiger partial charge in [-0.3, -0.25) is 33.9 Å². The summed E-state index contributed by atoms with van der Waals surface area (Å²) < 4.78 is 44.9. The number of ether oxygens (including phenoxy) is 3. The van der Waals surface area contributed by atoms with Crippen LogP contribution in [0.4, 0.5) is 8.78 Å². The van der Waals surface area contributed by atoms with E-state index in [9.17, 15) is 32.8 Å². The Balaban J connectivity index is 0.00000121. The summed E-state index contributed by atoms with van der Waals surface area (Å²) in [6, 6.07) is 12.3. The number of aromatic nitrogens is 2. The zero-order valence-corrected chi connectivity index (χ0v) is 34.7. The number of hydrogen-bond donors (Lipinski definition) is 3. The monoisotopic (exact) mass is 836 g/mol. The molecule has 5 amide bonds. The number of carbonyl (C=O) groups is 5. The van der Waals surface area contributed by atoms with Crippen LogP contribution in [0.1, 0.15) is 50.9 Å². The second-order valence-corrected chi connectivity index (χ2v) is 16.4. The van der Waals surface area contributed by atoms with Crippen LogP contribution in [0.3, 0.4) is 0 Å². The zero-order valence-electron chi connectivity index (χ0n) is 34.7. The number of nitrogens with zero attached hydrogens (tertiary/aromatic N) is 5. The first-order chi connectivity index (χ1) is 28.4. The molecule has 2 saturated heterocycles. The van der Waals surface area contributed by atoms with Crippen molar-refractivity contribution < 1.29 is 47.0 Å². The summed E-state index contributed by atoms with van der Waals surface area (Å²) in [5.41, 5.74) is -0.109. The highest BCUT2D eigenvalue weighted by molar-refractivity contribution is 6.07. The van der Waals surface area contributed by atoms with Crippen molar-refractivity contribution >= 4 is 40.4 Å². The van der Waals surface area contributed by atoms with E-state index < -0.39 is 48.7 Å². The Kier molecular flexibility index (Phi) is 16.8. The first-order valence-corrected chi connectivity index (χ1v) is 19.5. The predicted molar refractivity (Wildman–Crippen MR) is 215 cm³/mol. The van der Waals surface area contributed by atoms with E-state index in [2.05, 4.69) is 25.9 Å².